The van der Waals surface area contributed by atoms with Crippen molar-refractivity contribution in [3.05, 3.63) is 224 Å². The number of fused-ring (bicyclic) bond motifs is 3. The van der Waals surface area contributed by atoms with E-state index in [0.717, 1.165) is 50.1 Å². The molecule has 0 aliphatic heterocycles. The number of benzene rings is 9. The van der Waals surface area contributed by atoms with Gasteiger partial charge < -0.3 is 0 Å². The van der Waals surface area contributed by atoms with Crippen LogP contribution in [0, 0.1) is 0 Å². The van der Waals surface area contributed by atoms with Crippen molar-refractivity contribution in [3.63, 3.8) is 0 Å². The molecular formula is C57H37N3S. The summed E-state index contributed by atoms with van der Waals surface area (Å²) < 4.78 is 2.64. The lowest BCUT2D eigenvalue weighted by molar-refractivity contribution is 1.07. The van der Waals surface area contributed by atoms with Crippen molar-refractivity contribution >= 4 is 31.5 Å². The number of hydrogen-bond acceptors (Lipinski definition) is 4. The molecule has 0 radical (unpaired) electrons. The maximum atomic E-state index is 5.19. The summed E-state index contributed by atoms with van der Waals surface area (Å²) in [5.74, 6) is 1.89. The van der Waals surface area contributed by atoms with E-state index >= 15 is 0 Å². The Labute approximate surface area is 359 Å². The minimum atomic E-state index is 0.624. The predicted octanol–water partition coefficient (Wildman–Crippen LogP) is 15.6. The molecule has 11 aromatic rings. The molecule has 0 amide bonds. The summed E-state index contributed by atoms with van der Waals surface area (Å²) in [5.41, 5.74) is 14.3. The van der Waals surface area contributed by atoms with Gasteiger partial charge >= 0.3 is 0 Å². The van der Waals surface area contributed by atoms with Crippen LogP contribution in [0.5, 0.6) is 0 Å². The molecule has 0 spiro atoms. The first-order valence-corrected chi connectivity index (χ1v) is 21.3. The standard InChI is InChI=1S/C57H37N3S/c1-3-15-41(16-4-1)46-21-7-9-23-49(46)56-58-55(59-57(60-56)50-24-10-8-22-47(50)42-17-5-2-6-18-42)43-35-33-39(34-36-43)38-29-31-40(32-30-38)44-19-13-20-45(37-44)48-26-14-28-53-54(48)51-25-11-12-27-52(51)61-53/h1-37H. The SMILES string of the molecule is c1ccc(-c2ccccc2-c2nc(-c3ccc(-c4ccc(-c5cccc(-c6cccc7sc8ccccc8c67)c5)cc4)cc3)nc(-c3ccccc3-c3ccccc3)n2)cc1. The maximum absolute atomic E-state index is 5.19. The normalized spacial score (nSPS) is 11.3. The molecule has 0 N–H and O–H groups in total. The van der Waals surface area contributed by atoms with Crippen LogP contribution in [0.25, 0.3) is 110 Å². The Morgan fingerprint density at radius 1 is 0.246 bits per heavy atom. The highest BCUT2D eigenvalue weighted by Gasteiger charge is 2.18. The fourth-order valence-electron chi connectivity index (χ4n) is 8.39. The summed E-state index contributed by atoms with van der Waals surface area (Å²) in [4.78, 5) is 15.5. The third kappa shape index (κ3) is 6.99. The van der Waals surface area contributed by atoms with Crippen molar-refractivity contribution in [2.45, 2.75) is 0 Å². The zero-order valence-corrected chi connectivity index (χ0v) is 33.9. The Kier molecular flexibility index (Phi) is 9.38. The molecule has 11 rings (SSSR count). The van der Waals surface area contributed by atoms with Gasteiger partial charge in [0.2, 0.25) is 0 Å². The lowest BCUT2D eigenvalue weighted by Crippen LogP contribution is -2.02. The van der Waals surface area contributed by atoms with Gasteiger partial charge in [0, 0.05) is 36.9 Å². The van der Waals surface area contributed by atoms with E-state index in [1.165, 1.54) is 42.4 Å². The van der Waals surface area contributed by atoms with Crippen LogP contribution in [0.2, 0.25) is 0 Å². The first-order valence-electron chi connectivity index (χ1n) is 20.5. The van der Waals surface area contributed by atoms with Crippen LogP contribution in [0.1, 0.15) is 0 Å². The number of aromatic nitrogens is 3. The third-order valence-electron chi connectivity index (χ3n) is 11.4. The molecule has 4 heteroatoms. The highest BCUT2D eigenvalue weighted by molar-refractivity contribution is 7.25. The van der Waals surface area contributed by atoms with Crippen molar-refractivity contribution in [1.82, 2.24) is 15.0 Å². The summed E-state index contributed by atoms with van der Waals surface area (Å²) in [6.07, 6.45) is 0. The summed E-state index contributed by atoms with van der Waals surface area (Å²) in [6, 6.07) is 79.3. The Balaban J connectivity index is 0.940. The van der Waals surface area contributed by atoms with Gasteiger partial charge in [-0.2, -0.15) is 0 Å². The van der Waals surface area contributed by atoms with Gasteiger partial charge in [-0.15, -0.1) is 11.3 Å². The highest BCUT2D eigenvalue weighted by atomic mass is 32.1. The molecule has 61 heavy (non-hydrogen) atoms. The van der Waals surface area contributed by atoms with Crippen LogP contribution < -0.4 is 0 Å². The Bertz CT molecular complexity index is 3230. The largest absolute Gasteiger partial charge is 0.208 e. The van der Waals surface area contributed by atoms with Crippen LogP contribution >= 0.6 is 11.3 Å². The Morgan fingerprint density at radius 3 is 1.26 bits per heavy atom. The van der Waals surface area contributed by atoms with E-state index in [1.807, 2.05) is 35.6 Å². The summed E-state index contributed by atoms with van der Waals surface area (Å²) >= 11 is 1.86. The zero-order valence-electron chi connectivity index (χ0n) is 33.1. The van der Waals surface area contributed by atoms with Crippen molar-refractivity contribution in [3.8, 4) is 89.8 Å². The fourth-order valence-corrected chi connectivity index (χ4v) is 9.52. The molecule has 0 saturated heterocycles. The molecule has 0 atom stereocenters. The zero-order chi connectivity index (χ0) is 40.5. The second-order valence-corrected chi connectivity index (χ2v) is 16.2. The van der Waals surface area contributed by atoms with Crippen LogP contribution in [0.15, 0.2) is 224 Å². The molecule has 0 fully saturated rings. The van der Waals surface area contributed by atoms with Gasteiger partial charge in [0.25, 0.3) is 0 Å². The fraction of sp³-hybridized carbons (Fsp3) is 0. The van der Waals surface area contributed by atoms with Gasteiger partial charge in [-0.25, -0.2) is 15.0 Å². The lowest BCUT2D eigenvalue weighted by Gasteiger charge is -2.14. The summed E-state index contributed by atoms with van der Waals surface area (Å²) in [7, 11) is 0. The highest BCUT2D eigenvalue weighted by Crippen LogP contribution is 2.41. The lowest BCUT2D eigenvalue weighted by atomic mass is 9.95. The molecule has 0 aliphatic rings. The van der Waals surface area contributed by atoms with Gasteiger partial charge in [-0.3, -0.25) is 0 Å². The minimum absolute atomic E-state index is 0.624. The molecule has 0 saturated carbocycles. The van der Waals surface area contributed by atoms with E-state index in [2.05, 4.69) is 200 Å². The number of rotatable bonds is 8. The minimum Gasteiger partial charge on any atom is -0.208 e. The van der Waals surface area contributed by atoms with Gasteiger partial charge in [0.15, 0.2) is 17.5 Å². The molecule has 9 aromatic carbocycles. The average molecular weight is 796 g/mol. The molecule has 0 aliphatic carbocycles. The van der Waals surface area contributed by atoms with E-state index in [0.29, 0.717) is 17.5 Å². The van der Waals surface area contributed by atoms with Gasteiger partial charge in [0.1, 0.15) is 0 Å². The van der Waals surface area contributed by atoms with Crippen LogP contribution in [0.3, 0.4) is 0 Å². The molecule has 0 bridgehead atoms. The van der Waals surface area contributed by atoms with Crippen molar-refractivity contribution in [2.24, 2.45) is 0 Å². The van der Waals surface area contributed by atoms with Crippen LogP contribution in [0.4, 0.5) is 0 Å². The second-order valence-electron chi connectivity index (χ2n) is 15.1. The van der Waals surface area contributed by atoms with Crippen LogP contribution in [-0.2, 0) is 0 Å². The molecule has 2 aromatic heterocycles. The topological polar surface area (TPSA) is 38.7 Å². The van der Waals surface area contributed by atoms with Crippen molar-refractivity contribution in [2.75, 3.05) is 0 Å². The van der Waals surface area contributed by atoms with E-state index < -0.39 is 0 Å². The smallest absolute Gasteiger partial charge is 0.164 e. The van der Waals surface area contributed by atoms with Crippen molar-refractivity contribution < 1.29 is 0 Å². The predicted molar refractivity (Wildman–Crippen MR) is 256 cm³/mol. The monoisotopic (exact) mass is 795 g/mol. The number of thiophene rings is 1. The van der Waals surface area contributed by atoms with Gasteiger partial charge in [0.05, 0.1) is 0 Å². The van der Waals surface area contributed by atoms with E-state index in [1.54, 1.807) is 0 Å². The van der Waals surface area contributed by atoms with E-state index in [-0.39, 0.29) is 0 Å². The summed E-state index contributed by atoms with van der Waals surface area (Å²) in [6.45, 7) is 0. The number of hydrogen-bond donors (Lipinski definition) is 0. The van der Waals surface area contributed by atoms with Crippen molar-refractivity contribution in [1.29, 1.82) is 0 Å². The maximum Gasteiger partial charge on any atom is 0.164 e. The molecule has 286 valence electrons. The quantitative estimate of drug-likeness (QED) is 0.154. The third-order valence-corrected chi connectivity index (χ3v) is 12.5. The second kappa shape index (κ2) is 15.8. The Hall–Kier alpha value is -7.79. The van der Waals surface area contributed by atoms with Gasteiger partial charge in [-0.05, 0) is 73.8 Å². The molecular weight excluding hydrogens is 759 g/mol. The first kappa shape index (κ1) is 36.3. The van der Waals surface area contributed by atoms with E-state index in [9.17, 15) is 0 Å². The molecule has 0 unspecified atom stereocenters. The number of nitrogens with zero attached hydrogens (tertiary/aromatic N) is 3. The first-order chi connectivity index (χ1) is 30.2. The van der Waals surface area contributed by atoms with Gasteiger partial charge in [-0.1, -0.05) is 206 Å². The average Bonchev–Trinajstić information content (AvgIpc) is 3.74. The summed E-state index contributed by atoms with van der Waals surface area (Å²) in [5, 5.41) is 2.65. The van der Waals surface area contributed by atoms with Crippen LogP contribution in [-0.4, -0.2) is 15.0 Å². The molecule has 2 heterocycles. The van der Waals surface area contributed by atoms with E-state index in [4.69, 9.17) is 15.0 Å². The Morgan fingerprint density at radius 2 is 0.656 bits per heavy atom. The molecule has 3 nitrogen and oxygen atoms in total.